The van der Waals surface area contributed by atoms with Gasteiger partial charge in [0.05, 0.1) is 12.6 Å². The number of carbonyl (C=O) groups excluding carboxylic acids is 3. The maximum absolute atomic E-state index is 12.4. The van der Waals surface area contributed by atoms with Crippen LogP contribution in [-0.4, -0.2) is 35.2 Å². The molecule has 23 heavy (non-hydrogen) atoms. The van der Waals surface area contributed by atoms with E-state index in [1.54, 1.807) is 6.07 Å². The van der Waals surface area contributed by atoms with Crippen molar-refractivity contribution < 1.29 is 14.4 Å². The predicted molar refractivity (Wildman–Crippen MR) is 85.5 cm³/mol. The molecule has 0 spiro atoms. The lowest BCUT2D eigenvalue weighted by molar-refractivity contribution is -0.139. The number of piperidine rings is 1. The first kappa shape index (κ1) is 15.7. The van der Waals surface area contributed by atoms with E-state index in [0.29, 0.717) is 5.69 Å². The maximum atomic E-state index is 12.4. The topological polar surface area (TPSA) is 78.5 Å². The van der Waals surface area contributed by atoms with Crippen LogP contribution >= 0.6 is 0 Å². The summed E-state index contributed by atoms with van der Waals surface area (Å²) in [6.45, 7) is 1.07. The summed E-state index contributed by atoms with van der Waals surface area (Å²) < 4.78 is 0. The van der Waals surface area contributed by atoms with Crippen LogP contribution in [0.4, 0.5) is 5.69 Å². The van der Waals surface area contributed by atoms with E-state index in [-0.39, 0.29) is 43.1 Å². The highest BCUT2D eigenvalue weighted by Gasteiger charge is 2.29. The molecule has 6 heteroatoms. The number of hydrogen-bond donors (Lipinski definition) is 2. The largest absolute Gasteiger partial charge is 0.324 e. The van der Waals surface area contributed by atoms with Crippen molar-refractivity contribution in [2.75, 3.05) is 11.9 Å². The molecule has 2 fully saturated rings. The molecule has 2 N–H and O–H groups in total. The van der Waals surface area contributed by atoms with E-state index in [1.807, 2.05) is 18.2 Å². The predicted octanol–water partition coefficient (Wildman–Crippen LogP) is 1.42. The number of amides is 3. The zero-order valence-electron chi connectivity index (χ0n) is 13.0. The number of rotatable bonds is 4. The first-order chi connectivity index (χ1) is 11.1. The van der Waals surface area contributed by atoms with Crippen molar-refractivity contribution in [2.24, 2.45) is 0 Å². The van der Waals surface area contributed by atoms with Gasteiger partial charge in [0.25, 0.3) is 0 Å². The minimum Gasteiger partial charge on any atom is -0.324 e. The molecule has 0 aliphatic carbocycles. The zero-order chi connectivity index (χ0) is 16.2. The summed E-state index contributed by atoms with van der Waals surface area (Å²) in [4.78, 5) is 37.2. The smallest absolute Gasteiger partial charge is 0.241 e. The average Bonchev–Trinajstić information content (AvgIpc) is 2.89. The van der Waals surface area contributed by atoms with E-state index in [1.165, 1.54) is 4.90 Å². The number of hydrogen-bond acceptors (Lipinski definition) is 4. The Bertz CT molecular complexity index is 607. The van der Waals surface area contributed by atoms with Gasteiger partial charge in [-0.3, -0.25) is 19.3 Å². The van der Waals surface area contributed by atoms with Gasteiger partial charge in [-0.05, 0) is 31.0 Å². The Morgan fingerprint density at radius 1 is 1.17 bits per heavy atom. The molecule has 1 unspecified atom stereocenters. The fraction of sp³-hybridized carbons (Fsp3) is 0.471. The number of nitrogens with zero attached hydrogens (tertiary/aromatic N) is 1. The molecular weight excluding hydrogens is 294 g/mol. The number of para-hydroxylation sites is 1. The molecule has 3 amide bonds. The van der Waals surface area contributed by atoms with Crippen molar-refractivity contribution in [2.45, 2.75) is 44.7 Å². The third kappa shape index (κ3) is 3.59. The average molecular weight is 315 g/mol. The Kier molecular flexibility index (Phi) is 4.71. The Morgan fingerprint density at radius 3 is 2.61 bits per heavy atom. The summed E-state index contributed by atoms with van der Waals surface area (Å²) >= 11 is 0. The standard InChI is InChI=1S/C17H21N3O3/c21-15-8-9-16(22)20(15)11-12-5-1-2-6-13(12)19-17(23)14-7-3-4-10-18-14/h1-2,5-6,14,18H,3-4,7-11H2,(H,19,23). The highest BCUT2D eigenvalue weighted by atomic mass is 16.2. The van der Waals surface area contributed by atoms with E-state index in [0.717, 1.165) is 31.4 Å². The SMILES string of the molecule is O=C(Nc1ccccc1CN1C(=O)CCC1=O)C1CCCCN1. The molecule has 1 atom stereocenters. The lowest BCUT2D eigenvalue weighted by Crippen LogP contribution is -2.43. The third-order valence-corrected chi connectivity index (χ3v) is 4.39. The van der Waals surface area contributed by atoms with E-state index >= 15 is 0 Å². The number of nitrogens with one attached hydrogen (secondary N) is 2. The van der Waals surface area contributed by atoms with E-state index in [4.69, 9.17) is 0 Å². The minimum atomic E-state index is -0.174. The number of imide groups is 1. The summed E-state index contributed by atoms with van der Waals surface area (Å²) in [5.74, 6) is -0.355. The normalized spacial score (nSPS) is 21.6. The van der Waals surface area contributed by atoms with Crippen molar-refractivity contribution in [3.05, 3.63) is 29.8 Å². The van der Waals surface area contributed by atoms with Gasteiger partial charge >= 0.3 is 0 Å². The molecule has 1 aromatic rings. The molecule has 0 bridgehead atoms. The Hall–Kier alpha value is -2.21. The summed E-state index contributed by atoms with van der Waals surface area (Å²) in [7, 11) is 0. The van der Waals surface area contributed by atoms with E-state index < -0.39 is 0 Å². The van der Waals surface area contributed by atoms with Gasteiger partial charge in [-0.1, -0.05) is 24.6 Å². The number of likely N-dealkylation sites (tertiary alicyclic amines) is 1. The molecule has 3 rings (SSSR count). The molecule has 0 radical (unpaired) electrons. The summed E-state index contributed by atoms with van der Waals surface area (Å²) in [6.07, 6.45) is 3.53. The number of anilines is 1. The number of carbonyl (C=O) groups is 3. The molecule has 0 saturated carbocycles. The molecular formula is C17H21N3O3. The van der Waals surface area contributed by atoms with Gasteiger partial charge in [-0.25, -0.2) is 0 Å². The second kappa shape index (κ2) is 6.91. The van der Waals surface area contributed by atoms with Crippen LogP contribution in [0.5, 0.6) is 0 Å². The van der Waals surface area contributed by atoms with Crippen LogP contribution < -0.4 is 10.6 Å². The maximum Gasteiger partial charge on any atom is 0.241 e. The Morgan fingerprint density at radius 2 is 1.91 bits per heavy atom. The molecule has 6 nitrogen and oxygen atoms in total. The first-order valence-electron chi connectivity index (χ1n) is 8.10. The van der Waals surface area contributed by atoms with Crippen LogP contribution in [0.25, 0.3) is 0 Å². The zero-order valence-corrected chi connectivity index (χ0v) is 13.0. The quantitative estimate of drug-likeness (QED) is 0.824. The molecule has 2 aliphatic heterocycles. The van der Waals surface area contributed by atoms with Crippen LogP contribution in [0, 0.1) is 0 Å². The van der Waals surface area contributed by atoms with Crippen LogP contribution in [0.2, 0.25) is 0 Å². The van der Waals surface area contributed by atoms with Crippen molar-refractivity contribution in [3.8, 4) is 0 Å². The third-order valence-electron chi connectivity index (χ3n) is 4.39. The fourth-order valence-electron chi connectivity index (χ4n) is 3.05. The van der Waals surface area contributed by atoms with E-state index in [9.17, 15) is 14.4 Å². The van der Waals surface area contributed by atoms with Gasteiger partial charge in [0, 0.05) is 18.5 Å². The highest BCUT2D eigenvalue weighted by Crippen LogP contribution is 2.22. The Labute approximate surface area is 135 Å². The summed E-state index contributed by atoms with van der Waals surface area (Å²) in [6, 6.07) is 7.15. The molecule has 0 aromatic heterocycles. The van der Waals surface area contributed by atoms with Crippen LogP contribution in [0.3, 0.4) is 0 Å². The molecule has 1 aromatic carbocycles. The van der Waals surface area contributed by atoms with Crippen molar-refractivity contribution >= 4 is 23.4 Å². The minimum absolute atomic E-state index is 0.0591. The van der Waals surface area contributed by atoms with Crippen molar-refractivity contribution in [1.82, 2.24) is 10.2 Å². The van der Waals surface area contributed by atoms with Crippen LogP contribution in [-0.2, 0) is 20.9 Å². The number of benzene rings is 1. The lowest BCUT2D eigenvalue weighted by atomic mass is 10.0. The molecule has 122 valence electrons. The van der Waals surface area contributed by atoms with Gasteiger partial charge < -0.3 is 10.6 Å². The first-order valence-corrected chi connectivity index (χ1v) is 8.10. The van der Waals surface area contributed by atoms with Gasteiger partial charge in [0.15, 0.2) is 0 Å². The van der Waals surface area contributed by atoms with Gasteiger partial charge in [0.1, 0.15) is 0 Å². The van der Waals surface area contributed by atoms with Crippen molar-refractivity contribution in [3.63, 3.8) is 0 Å². The Balaban J connectivity index is 1.71. The van der Waals surface area contributed by atoms with E-state index in [2.05, 4.69) is 10.6 Å². The van der Waals surface area contributed by atoms with Crippen LogP contribution in [0.15, 0.2) is 24.3 Å². The van der Waals surface area contributed by atoms with Crippen molar-refractivity contribution in [1.29, 1.82) is 0 Å². The van der Waals surface area contributed by atoms with Gasteiger partial charge in [-0.15, -0.1) is 0 Å². The molecule has 2 aliphatic rings. The second-order valence-corrected chi connectivity index (χ2v) is 6.02. The molecule has 2 heterocycles. The highest BCUT2D eigenvalue weighted by molar-refractivity contribution is 6.02. The monoisotopic (exact) mass is 315 g/mol. The summed E-state index contributed by atoms with van der Waals surface area (Å²) in [5, 5.41) is 6.15. The fourth-order valence-corrected chi connectivity index (χ4v) is 3.05. The lowest BCUT2D eigenvalue weighted by Gasteiger charge is -2.23. The summed E-state index contributed by atoms with van der Waals surface area (Å²) in [5.41, 5.74) is 1.44. The second-order valence-electron chi connectivity index (χ2n) is 6.02. The van der Waals surface area contributed by atoms with Gasteiger partial charge in [-0.2, -0.15) is 0 Å². The molecule has 2 saturated heterocycles. The van der Waals surface area contributed by atoms with Crippen LogP contribution in [0.1, 0.15) is 37.7 Å². The van der Waals surface area contributed by atoms with Gasteiger partial charge in [0.2, 0.25) is 17.7 Å².